The van der Waals surface area contributed by atoms with Crippen molar-refractivity contribution in [3.8, 4) is 5.75 Å². The molecule has 0 aromatic heterocycles. The summed E-state index contributed by atoms with van der Waals surface area (Å²) < 4.78 is 5.55. The van der Waals surface area contributed by atoms with Crippen molar-refractivity contribution in [2.24, 2.45) is 11.7 Å². The van der Waals surface area contributed by atoms with E-state index in [0.29, 0.717) is 18.8 Å². The Hall–Kier alpha value is -1.55. The molecule has 0 saturated heterocycles. The van der Waals surface area contributed by atoms with Crippen LogP contribution < -0.4 is 15.8 Å². The number of rotatable bonds is 6. The number of nitrogens with one attached hydrogen (secondary N) is 1. The molecule has 0 fully saturated rings. The van der Waals surface area contributed by atoms with Crippen molar-refractivity contribution in [3.63, 3.8) is 0 Å². The number of benzene rings is 1. The van der Waals surface area contributed by atoms with Crippen molar-refractivity contribution in [2.45, 2.75) is 26.9 Å². The van der Waals surface area contributed by atoms with Gasteiger partial charge in [-0.2, -0.15) is 0 Å². The summed E-state index contributed by atoms with van der Waals surface area (Å²) in [6, 6.07) is 7.64. The highest BCUT2D eigenvalue weighted by Gasteiger charge is 2.14. The SMILES string of the molecule is Cc1ccc(OC(C)C(=O)NCC(C)CN)cc1. The second kappa shape index (κ2) is 7.01. The quantitative estimate of drug-likeness (QED) is 0.803. The molecule has 0 bridgehead atoms. The van der Waals surface area contributed by atoms with Crippen molar-refractivity contribution in [1.82, 2.24) is 5.32 Å². The van der Waals surface area contributed by atoms with Gasteiger partial charge >= 0.3 is 0 Å². The summed E-state index contributed by atoms with van der Waals surface area (Å²) in [5.74, 6) is 0.867. The van der Waals surface area contributed by atoms with E-state index in [9.17, 15) is 4.79 Å². The molecule has 1 aromatic carbocycles. The van der Waals surface area contributed by atoms with Gasteiger partial charge in [-0.25, -0.2) is 0 Å². The molecular formula is C14H22N2O2. The zero-order chi connectivity index (χ0) is 13.5. The Bertz CT molecular complexity index is 376. The number of carbonyl (C=O) groups excluding carboxylic acids is 1. The molecule has 2 atom stereocenters. The third kappa shape index (κ3) is 4.75. The van der Waals surface area contributed by atoms with Gasteiger partial charge in [-0.3, -0.25) is 4.79 Å². The second-order valence-corrected chi connectivity index (χ2v) is 4.66. The molecule has 1 rings (SSSR count). The topological polar surface area (TPSA) is 64.3 Å². The molecule has 4 nitrogen and oxygen atoms in total. The Morgan fingerprint density at radius 1 is 1.33 bits per heavy atom. The average Bonchev–Trinajstić information content (AvgIpc) is 2.38. The lowest BCUT2D eigenvalue weighted by Crippen LogP contribution is -2.39. The van der Waals surface area contributed by atoms with Crippen LogP contribution in [-0.2, 0) is 4.79 Å². The van der Waals surface area contributed by atoms with Crippen molar-refractivity contribution in [3.05, 3.63) is 29.8 Å². The maximum absolute atomic E-state index is 11.8. The molecule has 4 heteroatoms. The molecule has 0 radical (unpaired) electrons. The Morgan fingerprint density at radius 2 is 1.94 bits per heavy atom. The molecule has 18 heavy (non-hydrogen) atoms. The number of nitrogens with two attached hydrogens (primary N) is 1. The van der Waals surface area contributed by atoms with Crippen molar-refractivity contribution in [1.29, 1.82) is 0 Å². The predicted molar refractivity (Wildman–Crippen MR) is 72.5 cm³/mol. The summed E-state index contributed by atoms with van der Waals surface area (Å²) in [7, 11) is 0. The van der Waals surface area contributed by atoms with E-state index < -0.39 is 6.10 Å². The standard InChI is InChI=1S/C14H22N2O2/c1-10-4-6-13(7-5-10)18-12(3)14(17)16-9-11(2)8-15/h4-7,11-12H,8-9,15H2,1-3H3,(H,16,17). The van der Waals surface area contributed by atoms with Crippen LogP contribution >= 0.6 is 0 Å². The highest BCUT2D eigenvalue weighted by molar-refractivity contribution is 5.80. The van der Waals surface area contributed by atoms with E-state index in [1.54, 1.807) is 6.92 Å². The number of amides is 1. The van der Waals surface area contributed by atoms with Gasteiger partial charge in [0.25, 0.3) is 5.91 Å². The lowest BCUT2D eigenvalue weighted by molar-refractivity contribution is -0.127. The molecule has 0 spiro atoms. The van der Waals surface area contributed by atoms with Crippen LogP contribution in [0, 0.1) is 12.8 Å². The normalized spacial score (nSPS) is 13.8. The molecular weight excluding hydrogens is 228 g/mol. The van der Waals surface area contributed by atoms with Crippen LogP contribution in [0.2, 0.25) is 0 Å². The van der Waals surface area contributed by atoms with Crippen LogP contribution in [-0.4, -0.2) is 25.1 Å². The molecule has 100 valence electrons. The van der Waals surface area contributed by atoms with Gasteiger partial charge in [0.2, 0.25) is 0 Å². The van der Waals surface area contributed by atoms with Gasteiger partial charge in [-0.15, -0.1) is 0 Å². The predicted octanol–water partition coefficient (Wildman–Crippen LogP) is 1.47. The van der Waals surface area contributed by atoms with Crippen molar-refractivity contribution in [2.75, 3.05) is 13.1 Å². The summed E-state index contributed by atoms with van der Waals surface area (Å²) in [5.41, 5.74) is 6.65. The Labute approximate surface area is 109 Å². The minimum Gasteiger partial charge on any atom is -0.481 e. The smallest absolute Gasteiger partial charge is 0.260 e. The van der Waals surface area contributed by atoms with E-state index in [0.717, 1.165) is 5.56 Å². The Balaban J connectivity index is 2.42. The number of carbonyl (C=O) groups is 1. The van der Waals surface area contributed by atoms with Gasteiger partial charge in [0, 0.05) is 6.54 Å². The summed E-state index contributed by atoms with van der Waals surface area (Å²) >= 11 is 0. The van der Waals surface area contributed by atoms with Crippen molar-refractivity contribution < 1.29 is 9.53 Å². The molecule has 1 amide bonds. The van der Waals surface area contributed by atoms with Gasteiger partial charge in [0.15, 0.2) is 6.10 Å². The van der Waals surface area contributed by atoms with Gasteiger partial charge in [-0.1, -0.05) is 24.6 Å². The average molecular weight is 250 g/mol. The fourth-order valence-electron chi connectivity index (χ4n) is 1.38. The zero-order valence-electron chi connectivity index (χ0n) is 11.3. The van der Waals surface area contributed by atoms with E-state index in [1.165, 1.54) is 0 Å². The summed E-state index contributed by atoms with van der Waals surface area (Å²) in [6.07, 6.45) is -0.502. The third-order valence-electron chi connectivity index (χ3n) is 2.73. The van der Waals surface area contributed by atoms with E-state index in [2.05, 4.69) is 5.32 Å². The van der Waals surface area contributed by atoms with Gasteiger partial charge in [-0.05, 0) is 38.4 Å². The minimum absolute atomic E-state index is 0.115. The van der Waals surface area contributed by atoms with Gasteiger partial charge < -0.3 is 15.8 Å². The molecule has 2 unspecified atom stereocenters. The highest BCUT2D eigenvalue weighted by Crippen LogP contribution is 2.13. The lowest BCUT2D eigenvalue weighted by Gasteiger charge is -2.16. The number of hydrogen-bond donors (Lipinski definition) is 2. The van der Waals surface area contributed by atoms with Crippen LogP contribution in [0.25, 0.3) is 0 Å². The lowest BCUT2D eigenvalue weighted by atomic mass is 10.2. The first kappa shape index (κ1) is 14.5. The van der Waals surface area contributed by atoms with E-state index >= 15 is 0 Å². The van der Waals surface area contributed by atoms with Crippen LogP contribution in [0.1, 0.15) is 19.4 Å². The second-order valence-electron chi connectivity index (χ2n) is 4.66. The molecule has 0 aliphatic carbocycles. The Morgan fingerprint density at radius 3 is 2.50 bits per heavy atom. The maximum Gasteiger partial charge on any atom is 0.260 e. The minimum atomic E-state index is -0.502. The maximum atomic E-state index is 11.8. The van der Waals surface area contributed by atoms with Crippen LogP contribution in [0.4, 0.5) is 0 Å². The summed E-state index contributed by atoms with van der Waals surface area (Å²) in [4.78, 5) is 11.8. The summed E-state index contributed by atoms with van der Waals surface area (Å²) in [5, 5.41) is 2.82. The number of ether oxygens (including phenoxy) is 1. The first-order valence-electron chi connectivity index (χ1n) is 6.24. The van der Waals surface area contributed by atoms with E-state index in [1.807, 2.05) is 38.1 Å². The molecule has 3 N–H and O–H groups in total. The Kier molecular flexibility index (Phi) is 5.65. The third-order valence-corrected chi connectivity index (χ3v) is 2.73. The van der Waals surface area contributed by atoms with Crippen LogP contribution in [0.15, 0.2) is 24.3 Å². The molecule has 0 aliphatic rings. The summed E-state index contributed by atoms with van der Waals surface area (Å²) in [6.45, 7) is 6.88. The number of aryl methyl sites for hydroxylation is 1. The molecule has 0 aliphatic heterocycles. The largest absolute Gasteiger partial charge is 0.481 e. The fraction of sp³-hybridized carbons (Fsp3) is 0.500. The monoisotopic (exact) mass is 250 g/mol. The van der Waals surface area contributed by atoms with E-state index in [4.69, 9.17) is 10.5 Å². The first-order chi connectivity index (χ1) is 8.52. The van der Waals surface area contributed by atoms with Crippen LogP contribution in [0.3, 0.4) is 0 Å². The van der Waals surface area contributed by atoms with Crippen LogP contribution in [0.5, 0.6) is 5.75 Å². The zero-order valence-corrected chi connectivity index (χ0v) is 11.3. The number of hydrogen-bond acceptors (Lipinski definition) is 3. The molecule has 0 saturated carbocycles. The first-order valence-corrected chi connectivity index (χ1v) is 6.24. The molecule has 1 aromatic rings. The highest BCUT2D eigenvalue weighted by atomic mass is 16.5. The van der Waals surface area contributed by atoms with Gasteiger partial charge in [0.05, 0.1) is 0 Å². The molecule has 0 heterocycles. The van der Waals surface area contributed by atoms with Gasteiger partial charge in [0.1, 0.15) is 5.75 Å². The van der Waals surface area contributed by atoms with Crippen molar-refractivity contribution >= 4 is 5.91 Å². The fourth-order valence-corrected chi connectivity index (χ4v) is 1.38. The van der Waals surface area contributed by atoms with E-state index in [-0.39, 0.29) is 11.8 Å².